The molecule has 2 rings (SSSR count). The molecular formula is C18H21N3O4. The number of carbonyl (C=O) groups is 2. The third-order valence-corrected chi connectivity index (χ3v) is 3.66. The monoisotopic (exact) mass is 343 g/mol. The Morgan fingerprint density at radius 1 is 1.20 bits per heavy atom. The van der Waals surface area contributed by atoms with Crippen LogP contribution in [0.25, 0.3) is 11.0 Å². The topological polar surface area (TPSA) is 82.3 Å². The molecule has 0 aliphatic heterocycles. The molecule has 0 radical (unpaired) electrons. The van der Waals surface area contributed by atoms with Crippen LogP contribution in [-0.2, 0) is 27.4 Å². The number of hydrogen-bond acceptors (Lipinski definition) is 4. The molecule has 0 saturated carbocycles. The van der Waals surface area contributed by atoms with E-state index in [1.165, 1.54) is 0 Å². The van der Waals surface area contributed by atoms with Gasteiger partial charge in [0, 0.05) is 13.1 Å². The maximum Gasteiger partial charge on any atom is 0.329 e. The standard InChI is InChI=1S/C18H21N3O4/c1-3-10-19-16(22)13-25-17(23)9-12-21-15-8-6-5-7-14(15)20(11-4-2)18(21)24/h1,5-8H,4,9-13H2,2H3,(H,19,22). The summed E-state index contributed by atoms with van der Waals surface area (Å²) in [5.41, 5.74) is 1.47. The number of imidazole rings is 1. The predicted molar refractivity (Wildman–Crippen MR) is 93.9 cm³/mol. The molecule has 0 unspecified atom stereocenters. The first-order chi connectivity index (χ1) is 12.1. The Bertz CT molecular complexity index is 857. The number of ether oxygens (including phenoxy) is 1. The zero-order valence-corrected chi connectivity index (χ0v) is 14.2. The number of hydrogen-bond donors (Lipinski definition) is 1. The van der Waals surface area contributed by atoms with E-state index in [0.717, 1.165) is 17.5 Å². The summed E-state index contributed by atoms with van der Waals surface area (Å²) in [4.78, 5) is 35.7. The molecule has 1 amide bonds. The quantitative estimate of drug-likeness (QED) is 0.570. The Balaban J connectivity index is 2.02. The molecule has 7 heteroatoms. The summed E-state index contributed by atoms with van der Waals surface area (Å²) >= 11 is 0. The van der Waals surface area contributed by atoms with Gasteiger partial charge in [0.2, 0.25) is 0 Å². The van der Waals surface area contributed by atoms with E-state index in [2.05, 4.69) is 11.2 Å². The van der Waals surface area contributed by atoms with Crippen molar-refractivity contribution in [2.75, 3.05) is 13.2 Å². The van der Waals surface area contributed by atoms with Crippen LogP contribution in [0.2, 0.25) is 0 Å². The average molecular weight is 343 g/mol. The van der Waals surface area contributed by atoms with Gasteiger partial charge in [0.1, 0.15) is 0 Å². The van der Waals surface area contributed by atoms with Crippen molar-refractivity contribution in [3.8, 4) is 12.3 Å². The van der Waals surface area contributed by atoms with Crippen LogP contribution in [0, 0.1) is 12.3 Å². The molecule has 1 aromatic heterocycles. The summed E-state index contributed by atoms with van der Waals surface area (Å²) in [7, 11) is 0. The first-order valence-electron chi connectivity index (χ1n) is 8.12. The molecule has 1 heterocycles. The first kappa shape index (κ1) is 18.3. The highest BCUT2D eigenvalue weighted by Crippen LogP contribution is 2.13. The number of nitrogens with one attached hydrogen (secondary N) is 1. The molecule has 0 aliphatic carbocycles. The largest absolute Gasteiger partial charge is 0.456 e. The van der Waals surface area contributed by atoms with Gasteiger partial charge in [-0.25, -0.2) is 4.79 Å². The van der Waals surface area contributed by atoms with Crippen LogP contribution in [0.1, 0.15) is 19.8 Å². The number of para-hydroxylation sites is 2. The van der Waals surface area contributed by atoms with Crippen molar-refractivity contribution in [1.82, 2.24) is 14.5 Å². The number of carbonyl (C=O) groups excluding carboxylic acids is 2. The van der Waals surface area contributed by atoms with Gasteiger partial charge in [0.15, 0.2) is 6.61 Å². The van der Waals surface area contributed by atoms with Gasteiger partial charge >= 0.3 is 11.7 Å². The van der Waals surface area contributed by atoms with Crippen molar-refractivity contribution in [3.63, 3.8) is 0 Å². The minimum Gasteiger partial charge on any atom is -0.456 e. The summed E-state index contributed by atoms with van der Waals surface area (Å²) in [6.45, 7) is 2.52. The van der Waals surface area contributed by atoms with Crippen molar-refractivity contribution in [2.24, 2.45) is 0 Å². The van der Waals surface area contributed by atoms with E-state index in [0.29, 0.717) is 6.54 Å². The maximum atomic E-state index is 12.6. The van der Waals surface area contributed by atoms with Crippen molar-refractivity contribution in [1.29, 1.82) is 0 Å². The number of benzene rings is 1. The lowest BCUT2D eigenvalue weighted by Gasteiger charge is -2.05. The second-order valence-electron chi connectivity index (χ2n) is 5.47. The van der Waals surface area contributed by atoms with Crippen LogP contribution in [-0.4, -0.2) is 34.2 Å². The predicted octanol–water partition coefficient (Wildman–Crippen LogP) is 0.896. The summed E-state index contributed by atoms with van der Waals surface area (Å²) in [5.74, 6) is 1.25. The van der Waals surface area contributed by atoms with E-state index in [9.17, 15) is 14.4 Å². The van der Waals surface area contributed by atoms with Crippen molar-refractivity contribution in [2.45, 2.75) is 32.9 Å². The Hall–Kier alpha value is -3.01. The molecule has 0 aliphatic rings. The summed E-state index contributed by atoms with van der Waals surface area (Å²) in [6, 6.07) is 7.46. The summed E-state index contributed by atoms with van der Waals surface area (Å²) in [5, 5.41) is 2.40. The lowest BCUT2D eigenvalue weighted by molar-refractivity contribution is -0.148. The van der Waals surface area contributed by atoms with Gasteiger partial charge in [-0.1, -0.05) is 25.0 Å². The molecule has 0 spiro atoms. The Morgan fingerprint density at radius 2 is 1.84 bits per heavy atom. The number of aromatic nitrogens is 2. The molecule has 0 fully saturated rings. The molecular weight excluding hydrogens is 322 g/mol. The number of fused-ring (bicyclic) bond motifs is 1. The SMILES string of the molecule is C#CCNC(=O)COC(=O)CCn1c(=O)n(CCC)c2ccccc21. The highest BCUT2D eigenvalue weighted by molar-refractivity contribution is 5.81. The lowest BCUT2D eigenvalue weighted by Crippen LogP contribution is -2.29. The number of terminal acetylenes is 1. The molecule has 0 atom stereocenters. The molecule has 7 nitrogen and oxygen atoms in total. The second kappa shape index (κ2) is 8.73. The molecule has 1 aromatic carbocycles. The van der Waals surface area contributed by atoms with E-state index in [4.69, 9.17) is 11.2 Å². The van der Waals surface area contributed by atoms with Gasteiger partial charge in [-0.2, -0.15) is 0 Å². The fourth-order valence-corrected chi connectivity index (χ4v) is 2.55. The van der Waals surface area contributed by atoms with Gasteiger partial charge in [0.05, 0.1) is 24.0 Å². The van der Waals surface area contributed by atoms with Crippen molar-refractivity contribution >= 4 is 22.9 Å². The fraction of sp³-hybridized carbons (Fsp3) is 0.389. The van der Waals surface area contributed by atoms with Gasteiger partial charge in [-0.15, -0.1) is 6.42 Å². The highest BCUT2D eigenvalue weighted by atomic mass is 16.5. The molecule has 0 saturated heterocycles. The van der Waals surface area contributed by atoms with Crippen LogP contribution in [0.15, 0.2) is 29.1 Å². The third kappa shape index (κ3) is 4.51. The minimum absolute atomic E-state index is 0.00244. The van der Waals surface area contributed by atoms with Crippen LogP contribution in [0.4, 0.5) is 0 Å². The Morgan fingerprint density at radius 3 is 2.44 bits per heavy atom. The van der Waals surface area contributed by atoms with Gasteiger partial charge in [-0.3, -0.25) is 18.7 Å². The van der Waals surface area contributed by atoms with E-state index in [1.54, 1.807) is 9.13 Å². The Kier molecular flexibility index (Phi) is 6.40. The second-order valence-corrected chi connectivity index (χ2v) is 5.47. The number of nitrogens with zero attached hydrogens (tertiary/aromatic N) is 2. The van der Waals surface area contributed by atoms with Gasteiger partial charge < -0.3 is 10.1 Å². The zero-order chi connectivity index (χ0) is 18.2. The van der Waals surface area contributed by atoms with Crippen LogP contribution >= 0.6 is 0 Å². The van der Waals surface area contributed by atoms with E-state index in [1.807, 2.05) is 31.2 Å². The molecule has 25 heavy (non-hydrogen) atoms. The van der Waals surface area contributed by atoms with Crippen molar-refractivity contribution < 1.29 is 14.3 Å². The fourth-order valence-electron chi connectivity index (χ4n) is 2.55. The molecule has 132 valence electrons. The van der Waals surface area contributed by atoms with Gasteiger partial charge in [0.25, 0.3) is 5.91 Å². The summed E-state index contributed by atoms with van der Waals surface area (Å²) < 4.78 is 8.15. The average Bonchev–Trinajstić information content (AvgIpc) is 2.88. The van der Waals surface area contributed by atoms with E-state index >= 15 is 0 Å². The minimum atomic E-state index is -0.546. The van der Waals surface area contributed by atoms with E-state index < -0.39 is 11.9 Å². The number of amides is 1. The van der Waals surface area contributed by atoms with E-state index in [-0.39, 0.29) is 31.8 Å². The lowest BCUT2D eigenvalue weighted by atomic mass is 10.3. The van der Waals surface area contributed by atoms with Crippen LogP contribution < -0.4 is 11.0 Å². The third-order valence-electron chi connectivity index (χ3n) is 3.66. The normalized spacial score (nSPS) is 10.4. The number of aryl methyl sites for hydroxylation is 2. The molecule has 2 aromatic rings. The Labute approximate surface area is 145 Å². The smallest absolute Gasteiger partial charge is 0.329 e. The highest BCUT2D eigenvalue weighted by Gasteiger charge is 2.14. The molecule has 1 N–H and O–H groups in total. The zero-order valence-electron chi connectivity index (χ0n) is 14.2. The number of esters is 1. The van der Waals surface area contributed by atoms with Crippen molar-refractivity contribution in [3.05, 3.63) is 34.7 Å². The van der Waals surface area contributed by atoms with Crippen LogP contribution in [0.3, 0.4) is 0 Å². The summed E-state index contributed by atoms with van der Waals surface area (Å²) in [6.07, 6.45) is 5.86. The first-order valence-corrected chi connectivity index (χ1v) is 8.12. The van der Waals surface area contributed by atoms with Crippen LogP contribution in [0.5, 0.6) is 0 Å². The van der Waals surface area contributed by atoms with Gasteiger partial charge in [-0.05, 0) is 18.6 Å². The maximum absolute atomic E-state index is 12.6. The molecule has 0 bridgehead atoms. The number of rotatable bonds is 8.